The third-order valence-corrected chi connectivity index (χ3v) is 3.80. The number of nitrogens with one attached hydrogen (secondary N) is 1. The summed E-state index contributed by atoms with van der Waals surface area (Å²) in [5, 5.41) is 21.9. The van der Waals surface area contributed by atoms with Gasteiger partial charge in [0.15, 0.2) is 6.04 Å². The van der Waals surface area contributed by atoms with E-state index in [0.717, 1.165) is 31.7 Å². The molecule has 0 bridgehead atoms. The Morgan fingerprint density at radius 1 is 1.28 bits per heavy atom. The van der Waals surface area contributed by atoms with Crippen LogP contribution in [0, 0.1) is 0 Å². The van der Waals surface area contributed by atoms with Crippen LogP contribution in [0.1, 0.15) is 45.3 Å². The molecule has 0 unspecified atom stereocenters. The highest BCUT2D eigenvalue weighted by Gasteiger charge is 2.31. The van der Waals surface area contributed by atoms with E-state index in [1.807, 2.05) is 0 Å². The number of carbonyl (C=O) groups excluding carboxylic acids is 1. The highest BCUT2D eigenvalue weighted by atomic mass is 16.6. The molecule has 0 spiro atoms. The second-order valence-corrected chi connectivity index (χ2v) is 7.05. The van der Waals surface area contributed by atoms with Crippen molar-refractivity contribution in [3.8, 4) is 0 Å². The Morgan fingerprint density at radius 2 is 1.92 bits per heavy atom. The summed E-state index contributed by atoms with van der Waals surface area (Å²) in [5.41, 5.74) is -0.455. The minimum Gasteiger partial charge on any atom is -0.480 e. The molecule has 3 N–H and O–H groups in total. The number of hydrogen-bond acceptors (Lipinski definition) is 6. The van der Waals surface area contributed by atoms with Gasteiger partial charge in [-0.3, -0.25) is 0 Å². The predicted molar refractivity (Wildman–Crippen MR) is 91.4 cm³/mol. The summed E-state index contributed by atoms with van der Waals surface area (Å²) in [6.45, 7) is 6.87. The molecule has 8 nitrogen and oxygen atoms in total. The second kappa shape index (κ2) is 7.69. The van der Waals surface area contributed by atoms with Gasteiger partial charge >= 0.3 is 12.1 Å². The smallest absolute Gasteiger partial charge is 0.408 e. The van der Waals surface area contributed by atoms with Gasteiger partial charge in [-0.2, -0.15) is 0 Å². The summed E-state index contributed by atoms with van der Waals surface area (Å²) in [7, 11) is 0. The van der Waals surface area contributed by atoms with Gasteiger partial charge in [-0.15, -0.1) is 0 Å². The summed E-state index contributed by atoms with van der Waals surface area (Å²) in [6, 6.07) is 1.84. The average molecular weight is 351 g/mol. The van der Waals surface area contributed by atoms with Crippen LogP contribution in [0.5, 0.6) is 0 Å². The molecule has 8 heteroatoms. The van der Waals surface area contributed by atoms with Crippen LogP contribution in [0.2, 0.25) is 0 Å². The van der Waals surface area contributed by atoms with Crippen molar-refractivity contribution in [3.05, 3.63) is 23.9 Å². The van der Waals surface area contributed by atoms with Gasteiger partial charge in [-0.1, -0.05) is 6.07 Å². The largest absolute Gasteiger partial charge is 0.480 e. The Balaban J connectivity index is 2.07. The number of hydrogen-bond donors (Lipinski definition) is 3. The summed E-state index contributed by atoms with van der Waals surface area (Å²) in [6.07, 6.45) is 1.33. The molecule has 2 heterocycles. The third-order valence-electron chi connectivity index (χ3n) is 3.80. The maximum atomic E-state index is 11.8. The molecule has 1 amide bonds. The molecule has 1 fully saturated rings. The highest BCUT2D eigenvalue weighted by molar-refractivity contribution is 5.80. The van der Waals surface area contributed by atoms with E-state index in [1.54, 1.807) is 32.9 Å². The zero-order valence-corrected chi connectivity index (χ0v) is 14.7. The van der Waals surface area contributed by atoms with Crippen molar-refractivity contribution in [1.29, 1.82) is 0 Å². The van der Waals surface area contributed by atoms with Crippen molar-refractivity contribution in [2.75, 3.05) is 18.0 Å². The van der Waals surface area contributed by atoms with Crippen LogP contribution in [0.15, 0.2) is 18.3 Å². The zero-order chi connectivity index (χ0) is 18.6. The topological polar surface area (TPSA) is 112 Å². The van der Waals surface area contributed by atoms with Crippen LogP contribution in [0.4, 0.5) is 10.6 Å². The number of aromatic nitrogens is 1. The molecule has 0 saturated carbocycles. The lowest BCUT2D eigenvalue weighted by Gasteiger charge is -2.24. The van der Waals surface area contributed by atoms with E-state index in [2.05, 4.69) is 15.2 Å². The number of alkyl carbamates (subject to hydrolysis) is 1. The van der Waals surface area contributed by atoms with Gasteiger partial charge in [0.2, 0.25) is 0 Å². The molecule has 138 valence electrons. The number of ether oxygens (including phenoxy) is 1. The lowest BCUT2D eigenvalue weighted by molar-refractivity contribution is -0.142. The van der Waals surface area contributed by atoms with Gasteiger partial charge < -0.3 is 25.2 Å². The van der Waals surface area contributed by atoms with Crippen LogP contribution >= 0.6 is 0 Å². The van der Waals surface area contributed by atoms with Gasteiger partial charge in [-0.25, -0.2) is 14.6 Å². The molecule has 0 aromatic carbocycles. The number of nitrogens with zero attached hydrogens (tertiary/aromatic N) is 2. The van der Waals surface area contributed by atoms with E-state index in [1.165, 1.54) is 6.20 Å². The lowest BCUT2D eigenvalue weighted by Crippen LogP contribution is -2.46. The molecule has 1 aliphatic heterocycles. The number of amides is 1. The van der Waals surface area contributed by atoms with E-state index in [-0.39, 0.29) is 0 Å². The minimum atomic E-state index is -1.53. The monoisotopic (exact) mass is 351 g/mol. The zero-order valence-electron chi connectivity index (χ0n) is 14.7. The van der Waals surface area contributed by atoms with Crippen molar-refractivity contribution < 1.29 is 24.5 Å². The fraction of sp³-hybridized carbons (Fsp3) is 0.588. The Hall–Kier alpha value is -2.35. The Labute approximate surface area is 146 Å². The quantitative estimate of drug-likeness (QED) is 0.740. The van der Waals surface area contributed by atoms with Crippen molar-refractivity contribution in [2.45, 2.75) is 51.4 Å². The number of carboxylic acid groups (broad SMARTS) is 1. The first kappa shape index (κ1) is 19.0. The van der Waals surface area contributed by atoms with Crippen molar-refractivity contribution in [1.82, 2.24) is 10.3 Å². The maximum Gasteiger partial charge on any atom is 0.408 e. The molecule has 1 aromatic heterocycles. The highest BCUT2D eigenvalue weighted by Crippen LogP contribution is 2.22. The first-order valence-electron chi connectivity index (χ1n) is 8.28. The minimum absolute atomic E-state index is 0.311. The van der Waals surface area contributed by atoms with Gasteiger partial charge in [-0.05, 0) is 39.7 Å². The number of pyridine rings is 1. The first-order chi connectivity index (χ1) is 11.7. The number of aliphatic hydroxyl groups excluding tert-OH is 1. The number of carboxylic acids is 1. The fourth-order valence-corrected chi connectivity index (χ4v) is 2.61. The van der Waals surface area contributed by atoms with Crippen molar-refractivity contribution >= 4 is 17.9 Å². The number of rotatable bonds is 5. The number of aliphatic hydroxyl groups is 1. The molecular weight excluding hydrogens is 326 g/mol. The van der Waals surface area contributed by atoms with Crippen LogP contribution in [0.3, 0.4) is 0 Å². The van der Waals surface area contributed by atoms with Gasteiger partial charge in [0.05, 0.1) is 0 Å². The van der Waals surface area contributed by atoms with E-state index < -0.39 is 29.8 Å². The summed E-state index contributed by atoms with van der Waals surface area (Å²) >= 11 is 0. The molecule has 1 aliphatic rings. The van der Waals surface area contributed by atoms with E-state index >= 15 is 0 Å². The molecular formula is C17H25N3O5. The molecule has 1 aromatic rings. The maximum absolute atomic E-state index is 11.8. The predicted octanol–water partition coefficient (Wildman–Crippen LogP) is 1.69. The molecule has 2 rings (SSSR count). The molecule has 0 aliphatic carbocycles. The molecule has 1 saturated heterocycles. The Morgan fingerprint density at radius 3 is 2.40 bits per heavy atom. The number of aliphatic carboxylic acids is 1. The third kappa shape index (κ3) is 5.32. The van der Waals surface area contributed by atoms with Crippen LogP contribution in [-0.2, 0) is 9.53 Å². The lowest BCUT2D eigenvalue weighted by atomic mass is 10.0. The van der Waals surface area contributed by atoms with Crippen LogP contribution in [-0.4, -0.2) is 52.0 Å². The molecule has 2 atom stereocenters. The van der Waals surface area contributed by atoms with E-state index in [0.29, 0.717) is 5.56 Å². The van der Waals surface area contributed by atoms with Crippen molar-refractivity contribution in [2.24, 2.45) is 0 Å². The summed E-state index contributed by atoms with van der Waals surface area (Å²) in [4.78, 5) is 29.7. The van der Waals surface area contributed by atoms with Gasteiger partial charge in [0.1, 0.15) is 17.5 Å². The molecule has 25 heavy (non-hydrogen) atoms. The average Bonchev–Trinajstić information content (AvgIpc) is 3.04. The SMILES string of the molecule is CC(C)(C)OC(=O)N[C@H](C(=O)O)[C@H](O)c1ccc(N2CCCC2)nc1. The van der Waals surface area contributed by atoms with Gasteiger partial charge in [0.25, 0.3) is 0 Å². The summed E-state index contributed by atoms with van der Waals surface area (Å²) < 4.78 is 5.04. The Kier molecular flexibility index (Phi) is 5.84. The molecule has 0 radical (unpaired) electrons. The standard InChI is InChI=1S/C17H25N3O5/c1-17(2,3)25-16(24)19-13(15(22)23)14(21)11-6-7-12(18-10-11)20-8-4-5-9-20/h6-7,10,13-14,21H,4-5,8-9H2,1-3H3,(H,19,24)(H,22,23)/t13-,14+/m0/s1. The number of carbonyl (C=O) groups is 2. The van der Waals surface area contributed by atoms with Crippen LogP contribution < -0.4 is 10.2 Å². The number of anilines is 1. The summed E-state index contributed by atoms with van der Waals surface area (Å²) in [5.74, 6) is -0.567. The van der Waals surface area contributed by atoms with Crippen LogP contribution in [0.25, 0.3) is 0 Å². The normalized spacial score (nSPS) is 17.0. The Bertz CT molecular complexity index is 606. The van der Waals surface area contributed by atoms with Crippen molar-refractivity contribution in [3.63, 3.8) is 0 Å². The van der Waals surface area contributed by atoms with Gasteiger partial charge in [0, 0.05) is 24.8 Å². The second-order valence-electron chi connectivity index (χ2n) is 7.05. The van der Waals surface area contributed by atoms with E-state index in [9.17, 15) is 19.8 Å². The van der Waals surface area contributed by atoms with E-state index in [4.69, 9.17) is 4.74 Å². The fourth-order valence-electron chi connectivity index (χ4n) is 2.61. The first-order valence-corrected chi connectivity index (χ1v) is 8.28.